The zero-order chi connectivity index (χ0) is 16.8. The van der Waals surface area contributed by atoms with Gasteiger partial charge in [0.1, 0.15) is 0 Å². The summed E-state index contributed by atoms with van der Waals surface area (Å²) in [7, 11) is 0. The molecule has 0 atom stereocenters. The molecule has 0 fully saturated rings. The number of nitrogens with zero attached hydrogens (tertiary/aromatic N) is 1. The van der Waals surface area contributed by atoms with Crippen molar-refractivity contribution in [2.75, 3.05) is 13.1 Å². The molecule has 122 valence electrons. The predicted molar refractivity (Wildman–Crippen MR) is 97.7 cm³/mol. The van der Waals surface area contributed by atoms with E-state index >= 15 is 0 Å². The number of carbonyl (C=O) groups excluding carboxylic acids is 1. The summed E-state index contributed by atoms with van der Waals surface area (Å²) in [6, 6.07) is 16.6. The van der Waals surface area contributed by atoms with Crippen LogP contribution >= 0.6 is 0 Å². The minimum atomic E-state index is 0.107. The molecule has 0 aliphatic carbocycles. The topological polar surface area (TPSA) is 20.3 Å². The molecule has 0 spiro atoms. The second-order valence-electron chi connectivity index (χ2n) is 6.35. The van der Waals surface area contributed by atoms with Gasteiger partial charge in [-0.2, -0.15) is 0 Å². The molecule has 0 bridgehead atoms. The first-order valence-electron chi connectivity index (χ1n) is 8.53. The molecule has 0 aliphatic rings. The Labute approximate surface area is 140 Å². The lowest BCUT2D eigenvalue weighted by Crippen LogP contribution is -2.30. The average Bonchev–Trinajstić information content (AvgIpc) is 2.55. The molecule has 0 saturated heterocycles. The van der Waals surface area contributed by atoms with Crippen molar-refractivity contribution in [3.8, 4) is 11.1 Å². The van der Waals surface area contributed by atoms with E-state index in [0.717, 1.165) is 30.6 Å². The van der Waals surface area contributed by atoms with E-state index in [1.54, 1.807) is 0 Å². The highest BCUT2D eigenvalue weighted by molar-refractivity contribution is 5.94. The van der Waals surface area contributed by atoms with Gasteiger partial charge >= 0.3 is 0 Å². The van der Waals surface area contributed by atoms with E-state index in [4.69, 9.17) is 0 Å². The molecule has 0 saturated carbocycles. The van der Waals surface area contributed by atoms with Crippen molar-refractivity contribution >= 4 is 5.91 Å². The van der Waals surface area contributed by atoms with Gasteiger partial charge in [0.05, 0.1) is 0 Å². The first-order valence-corrected chi connectivity index (χ1v) is 8.53. The summed E-state index contributed by atoms with van der Waals surface area (Å²) in [5.41, 5.74) is 4.49. The Morgan fingerprint density at radius 2 is 1.61 bits per heavy atom. The van der Waals surface area contributed by atoms with Crippen LogP contribution in [0.4, 0.5) is 0 Å². The van der Waals surface area contributed by atoms with Crippen LogP contribution in [-0.4, -0.2) is 23.9 Å². The molecule has 2 aromatic carbocycles. The van der Waals surface area contributed by atoms with Crippen molar-refractivity contribution in [2.24, 2.45) is 5.92 Å². The van der Waals surface area contributed by atoms with Crippen LogP contribution in [0.1, 0.15) is 43.6 Å². The van der Waals surface area contributed by atoms with Gasteiger partial charge in [-0.3, -0.25) is 4.79 Å². The van der Waals surface area contributed by atoms with Crippen molar-refractivity contribution in [1.82, 2.24) is 4.90 Å². The Kier molecular flexibility index (Phi) is 5.97. The molecule has 2 heteroatoms. The molecule has 2 rings (SSSR count). The fraction of sp³-hybridized carbons (Fsp3) is 0.381. The van der Waals surface area contributed by atoms with Gasteiger partial charge in [0, 0.05) is 18.7 Å². The lowest BCUT2D eigenvalue weighted by molar-refractivity contribution is 0.0773. The van der Waals surface area contributed by atoms with Crippen molar-refractivity contribution < 1.29 is 4.79 Å². The largest absolute Gasteiger partial charge is 0.339 e. The quantitative estimate of drug-likeness (QED) is 0.732. The molecule has 0 N–H and O–H groups in total. The van der Waals surface area contributed by atoms with E-state index in [1.807, 2.05) is 43.0 Å². The summed E-state index contributed by atoms with van der Waals surface area (Å²) < 4.78 is 0. The third kappa shape index (κ3) is 4.44. The van der Waals surface area contributed by atoms with Gasteiger partial charge in [0.15, 0.2) is 0 Å². The third-order valence-corrected chi connectivity index (χ3v) is 4.09. The molecule has 2 aromatic rings. The highest BCUT2D eigenvalue weighted by Crippen LogP contribution is 2.22. The van der Waals surface area contributed by atoms with E-state index in [1.165, 1.54) is 11.1 Å². The highest BCUT2D eigenvalue weighted by atomic mass is 16.2. The van der Waals surface area contributed by atoms with Gasteiger partial charge in [0.25, 0.3) is 5.91 Å². The van der Waals surface area contributed by atoms with E-state index in [-0.39, 0.29) is 5.91 Å². The molecule has 0 aliphatic heterocycles. The third-order valence-electron chi connectivity index (χ3n) is 4.09. The minimum Gasteiger partial charge on any atom is -0.339 e. The van der Waals surface area contributed by atoms with Crippen LogP contribution in [0.3, 0.4) is 0 Å². The van der Waals surface area contributed by atoms with Crippen LogP contribution in [0.25, 0.3) is 11.1 Å². The molecule has 2 nitrogen and oxygen atoms in total. The molecule has 23 heavy (non-hydrogen) atoms. The maximum atomic E-state index is 12.4. The number of rotatable bonds is 6. The molecular weight excluding hydrogens is 282 g/mol. The molecule has 1 amide bonds. The van der Waals surface area contributed by atoms with Crippen LogP contribution in [0.2, 0.25) is 0 Å². The van der Waals surface area contributed by atoms with Crippen LogP contribution in [0, 0.1) is 5.92 Å². The SMILES string of the molecule is CCN(CC)C(=O)c1ccc(-c2cccc(CC(C)C)c2)cc1. The first kappa shape index (κ1) is 17.3. The Morgan fingerprint density at radius 3 is 2.17 bits per heavy atom. The van der Waals surface area contributed by atoms with Crippen LogP contribution in [-0.2, 0) is 6.42 Å². The lowest BCUT2D eigenvalue weighted by atomic mass is 9.97. The zero-order valence-corrected chi connectivity index (χ0v) is 14.7. The number of benzene rings is 2. The molecule has 0 heterocycles. The Morgan fingerprint density at radius 1 is 0.957 bits per heavy atom. The van der Waals surface area contributed by atoms with Crippen molar-refractivity contribution in [3.05, 3.63) is 59.7 Å². The molecular formula is C21H27NO. The Hall–Kier alpha value is -2.09. The lowest BCUT2D eigenvalue weighted by Gasteiger charge is -2.18. The monoisotopic (exact) mass is 309 g/mol. The maximum absolute atomic E-state index is 12.4. The average molecular weight is 309 g/mol. The number of carbonyl (C=O) groups is 1. The summed E-state index contributed by atoms with van der Waals surface area (Å²) >= 11 is 0. The molecule has 0 aromatic heterocycles. The van der Waals surface area contributed by atoms with Crippen molar-refractivity contribution in [1.29, 1.82) is 0 Å². The predicted octanol–water partition coefficient (Wildman–Crippen LogP) is 5.03. The van der Waals surface area contributed by atoms with Crippen LogP contribution in [0.5, 0.6) is 0 Å². The van der Waals surface area contributed by atoms with Gasteiger partial charge in [0.2, 0.25) is 0 Å². The zero-order valence-electron chi connectivity index (χ0n) is 14.7. The smallest absolute Gasteiger partial charge is 0.253 e. The number of hydrogen-bond donors (Lipinski definition) is 0. The number of hydrogen-bond acceptors (Lipinski definition) is 1. The van der Waals surface area contributed by atoms with E-state index in [2.05, 4.69) is 38.1 Å². The van der Waals surface area contributed by atoms with Gasteiger partial charge < -0.3 is 4.90 Å². The normalized spacial score (nSPS) is 10.8. The van der Waals surface area contributed by atoms with Gasteiger partial charge in [-0.25, -0.2) is 0 Å². The van der Waals surface area contributed by atoms with Gasteiger partial charge in [-0.05, 0) is 55.0 Å². The standard InChI is InChI=1S/C21H27NO/c1-5-22(6-2)21(23)19-12-10-18(11-13-19)20-9-7-8-17(15-20)14-16(3)4/h7-13,15-16H,5-6,14H2,1-4H3. The van der Waals surface area contributed by atoms with Crippen LogP contribution in [0.15, 0.2) is 48.5 Å². The fourth-order valence-corrected chi connectivity index (χ4v) is 2.85. The van der Waals surface area contributed by atoms with Crippen LogP contribution < -0.4 is 0 Å². The first-order chi connectivity index (χ1) is 11.0. The summed E-state index contributed by atoms with van der Waals surface area (Å²) in [5.74, 6) is 0.759. The van der Waals surface area contributed by atoms with E-state index < -0.39 is 0 Å². The second-order valence-corrected chi connectivity index (χ2v) is 6.35. The summed E-state index contributed by atoms with van der Waals surface area (Å²) in [6.07, 6.45) is 1.09. The molecule has 0 unspecified atom stereocenters. The van der Waals surface area contributed by atoms with E-state index in [0.29, 0.717) is 5.92 Å². The Bertz CT molecular complexity index is 639. The second kappa shape index (κ2) is 7.96. The summed E-state index contributed by atoms with van der Waals surface area (Å²) in [4.78, 5) is 14.2. The van der Waals surface area contributed by atoms with Crippen molar-refractivity contribution in [3.63, 3.8) is 0 Å². The minimum absolute atomic E-state index is 0.107. The fourth-order valence-electron chi connectivity index (χ4n) is 2.85. The number of amides is 1. The summed E-state index contributed by atoms with van der Waals surface area (Å²) in [5, 5.41) is 0. The van der Waals surface area contributed by atoms with Crippen molar-refractivity contribution in [2.45, 2.75) is 34.1 Å². The maximum Gasteiger partial charge on any atom is 0.253 e. The summed E-state index contributed by atoms with van der Waals surface area (Å²) in [6.45, 7) is 9.98. The molecule has 0 radical (unpaired) electrons. The van der Waals surface area contributed by atoms with Gasteiger partial charge in [-0.1, -0.05) is 50.2 Å². The van der Waals surface area contributed by atoms with Gasteiger partial charge in [-0.15, -0.1) is 0 Å². The van der Waals surface area contributed by atoms with E-state index in [9.17, 15) is 4.79 Å². The Balaban J connectivity index is 2.21. The highest BCUT2D eigenvalue weighted by Gasteiger charge is 2.12.